The van der Waals surface area contributed by atoms with Crippen molar-refractivity contribution in [3.8, 4) is 0 Å². The number of nitrogens with two attached hydrogens (primary N) is 1. The number of carbonyl (C=O) groups is 1. The molecular weight excluding hydrogens is 228 g/mol. The van der Waals surface area contributed by atoms with Crippen LogP contribution in [-0.4, -0.2) is 44.2 Å². The van der Waals surface area contributed by atoms with E-state index in [2.05, 4.69) is 13.8 Å². The molecule has 0 spiro atoms. The van der Waals surface area contributed by atoms with Crippen molar-refractivity contribution in [2.45, 2.75) is 46.5 Å². The largest absolute Gasteiger partial charge is 0.383 e. The fourth-order valence-electron chi connectivity index (χ4n) is 2.53. The minimum atomic E-state index is -0.368. The first-order valence-corrected chi connectivity index (χ1v) is 7.10. The molecule has 0 bridgehead atoms. The first-order chi connectivity index (χ1) is 8.61. The van der Waals surface area contributed by atoms with Gasteiger partial charge in [-0.2, -0.15) is 0 Å². The minimum absolute atomic E-state index is 0.202. The van der Waals surface area contributed by atoms with Crippen molar-refractivity contribution in [3.05, 3.63) is 0 Å². The third kappa shape index (κ3) is 4.58. The van der Waals surface area contributed by atoms with E-state index in [1.165, 1.54) is 0 Å². The van der Waals surface area contributed by atoms with E-state index in [1.54, 1.807) is 7.11 Å². The summed E-state index contributed by atoms with van der Waals surface area (Å²) in [5.41, 5.74) is 5.56. The standard InChI is InChI=1S/C14H30N2O2/c1-5-8-14(12-15,9-6-2)13(17)16(7-3)10-11-18-4/h5-12,15H2,1-4H3. The van der Waals surface area contributed by atoms with Gasteiger partial charge in [0.25, 0.3) is 0 Å². The van der Waals surface area contributed by atoms with Gasteiger partial charge in [-0.15, -0.1) is 0 Å². The van der Waals surface area contributed by atoms with Crippen LogP contribution >= 0.6 is 0 Å². The summed E-state index contributed by atoms with van der Waals surface area (Å²) in [6.45, 7) is 8.62. The number of amides is 1. The number of carbonyl (C=O) groups excluding carboxylic acids is 1. The molecule has 4 heteroatoms. The first-order valence-electron chi connectivity index (χ1n) is 7.10. The van der Waals surface area contributed by atoms with Gasteiger partial charge in [0.1, 0.15) is 0 Å². The quantitative estimate of drug-likeness (QED) is 0.652. The lowest BCUT2D eigenvalue weighted by Crippen LogP contribution is -2.49. The number of hydrogen-bond acceptors (Lipinski definition) is 3. The number of methoxy groups -OCH3 is 1. The Labute approximate surface area is 112 Å². The van der Waals surface area contributed by atoms with Crippen molar-refractivity contribution < 1.29 is 9.53 Å². The molecule has 0 saturated carbocycles. The third-order valence-corrected chi connectivity index (χ3v) is 3.54. The second-order valence-electron chi connectivity index (χ2n) is 4.86. The van der Waals surface area contributed by atoms with Crippen molar-refractivity contribution in [2.75, 3.05) is 33.4 Å². The van der Waals surface area contributed by atoms with E-state index in [1.807, 2.05) is 11.8 Å². The molecule has 0 aromatic heterocycles. The molecule has 4 nitrogen and oxygen atoms in total. The summed E-state index contributed by atoms with van der Waals surface area (Å²) in [6.07, 6.45) is 3.73. The first kappa shape index (κ1) is 17.4. The highest BCUT2D eigenvalue weighted by atomic mass is 16.5. The Balaban J connectivity index is 4.88. The van der Waals surface area contributed by atoms with Crippen LogP contribution in [0.2, 0.25) is 0 Å². The van der Waals surface area contributed by atoms with Crippen LogP contribution in [0, 0.1) is 5.41 Å². The Morgan fingerprint density at radius 1 is 1.22 bits per heavy atom. The van der Waals surface area contributed by atoms with Crippen molar-refractivity contribution in [3.63, 3.8) is 0 Å². The molecule has 0 saturated heterocycles. The summed E-state index contributed by atoms with van der Waals surface area (Å²) in [6, 6.07) is 0. The number of likely N-dealkylation sites (N-methyl/N-ethyl adjacent to an activating group) is 1. The molecule has 108 valence electrons. The van der Waals surface area contributed by atoms with Crippen molar-refractivity contribution in [1.82, 2.24) is 4.90 Å². The van der Waals surface area contributed by atoms with E-state index < -0.39 is 0 Å². The van der Waals surface area contributed by atoms with Crippen LogP contribution in [0.4, 0.5) is 0 Å². The fraction of sp³-hybridized carbons (Fsp3) is 0.929. The van der Waals surface area contributed by atoms with Gasteiger partial charge in [-0.05, 0) is 19.8 Å². The smallest absolute Gasteiger partial charge is 0.230 e. The van der Waals surface area contributed by atoms with E-state index in [4.69, 9.17) is 10.5 Å². The zero-order chi connectivity index (χ0) is 14.0. The second kappa shape index (κ2) is 9.34. The Morgan fingerprint density at radius 3 is 2.11 bits per heavy atom. The second-order valence-corrected chi connectivity index (χ2v) is 4.86. The van der Waals surface area contributed by atoms with Gasteiger partial charge in [0.05, 0.1) is 12.0 Å². The summed E-state index contributed by atoms with van der Waals surface area (Å²) < 4.78 is 5.07. The number of nitrogens with zero attached hydrogens (tertiary/aromatic N) is 1. The van der Waals surface area contributed by atoms with Gasteiger partial charge in [-0.3, -0.25) is 4.79 Å². The van der Waals surface area contributed by atoms with Gasteiger partial charge in [-0.1, -0.05) is 26.7 Å². The third-order valence-electron chi connectivity index (χ3n) is 3.54. The van der Waals surface area contributed by atoms with Gasteiger partial charge in [-0.25, -0.2) is 0 Å². The van der Waals surface area contributed by atoms with Crippen LogP contribution in [-0.2, 0) is 9.53 Å². The SMILES string of the molecule is CCCC(CN)(CCC)C(=O)N(CC)CCOC. The van der Waals surface area contributed by atoms with Gasteiger partial charge in [0.2, 0.25) is 5.91 Å². The Hall–Kier alpha value is -0.610. The van der Waals surface area contributed by atoms with Gasteiger partial charge < -0.3 is 15.4 Å². The van der Waals surface area contributed by atoms with E-state index >= 15 is 0 Å². The lowest BCUT2D eigenvalue weighted by Gasteiger charge is -2.36. The summed E-state index contributed by atoms with van der Waals surface area (Å²) in [7, 11) is 1.66. The van der Waals surface area contributed by atoms with Crippen molar-refractivity contribution >= 4 is 5.91 Å². The van der Waals surface area contributed by atoms with Gasteiger partial charge in [0.15, 0.2) is 0 Å². The van der Waals surface area contributed by atoms with Crippen molar-refractivity contribution in [2.24, 2.45) is 11.1 Å². The monoisotopic (exact) mass is 258 g/mol. The summed E-state index contributed by atoms with van der Waals surface area (Å²) >= 11 is 0. The molecule has 0 unspecified atom stereocenters. The zero-order valence-corrected chi connectivity index (χ0v) is 12.5. The molecule has 0 fully saturated rings. The maximum atomic E-state index is 12.7. The average Bonchev–Trinajstić information content (AvgIpc) is 2.39. The lowest BCUT2D eigenvalue weighted by molar-refractivity contribution is -0.143. The zero-order valence-electron chi connectivity index (χ0n) is 12.5. The summed E-state index contributed by atoms with van der Waals surface area (Å²) in [4.78, 5) is 14.6. The number of hydrogen-bond donors (Lipinski definition) is 1. The van der Waals surface area contributed by atoms with Crippen LogP contribution in [0.5, 0.6) is 0 Å². The van der Waals surface area contributed by atoms with Crippen molar-refractivity contribution in [1.29, 1.82) is 0 Å². The number of ether oxygens (including phenoxy) is 1. The molecule has 0 aromatic rings. The molecular formula is C14H30N2O2. The molecule has 0 heterocycles. The maximum Gasteiger partial charge on any atom is 0.230 e. The fourth-order valence-corrected chi connectivity index (χ4v) is 2.53. The number of rotatable bonds is 10. The van der Waals surface area contributed by atoms with Crippen LogP contribution in [0.1, 0.15) is 46.5 Å². The molecule has 0 atom stereocenters. The molecule has 0 aliphatic carbocycles. The average molecular weight is 258 g/mol. The Kier molecular flexibility index (Phi) is 9.02. The summed E-state index contributed by atoms with van der Waals surface area (Å²) in [5.74, 6) is 0.202. The van der Waals surface area contributed by atoms with Crippen LogP contribution in [0.25, 0.3) is 0 Å². The molecule has 0 aliphatic heterocycles. The highest BCUT2D eigenvalue weighted by Crippen LogP contribution is 2.31. The molecule has 18 heavy (non-hydrogen) atoms. The predicted molar refractivity (Wildman–Crippen MR) is 75.4 cm³/mol. The topological polar surface area (TPSA) is 55.6 Å². The molecule has 1 amide bonds. The molecule has 0 aliphatic rings. The van der Waals surface area contributed by atoms with E-state index in [0.717, 1.165) is 32.2 Å². The maximum absolute atomic E-state index is 12.7. The molecule has 2 N–H and O–H groups in total. The van der Waals surface area contributed by atoms with E-state index in [-0.39, 0.29) is 11.3 Å². The normalized spacial score (nSPS) is 11.6. The van der Waals surface area contributed by atoms with E-state index in [9.17, 15) is 4.79 Å². The highest BCUT2D eigenvalue weighted by molar-refractivity contribution is 5.83. The van der Waals surface area contributed by atoms with Gasteiger partial charge in [0, 0.05) is 26.7 Å². The van der Waals surface area contributed by atoms with Crippen LogP contribution in [0.3, 0.4) is 0 Å². The van der Waals surface area contributed by atoms with Gasteiger partial charge >= 0.3 is 0 Å². The minimum Gasteiger partial charge on any atom is -0.383 e. The lowest BCUT2D eigenvalue weighted by atomic mass is 9.78. The van der Waals surface area contributed by atoms with E-state index in [0.29, 0.717) is 19.7 Å². The summed E-state index contributed by atoms with van der Waals surface area (Å²) in [5, 5.41) is 0. The molecule has 0 rings (SSSR count). The van der Waals surface area contributed by atoms with Crippen LogP contribution < -0.4 is 5.73 Å². The Bertz CT molecular complexity index is 226. The predicted octanol–water partition coefficient (Wildman–Crippen LogP) is 2.03. The molecule has 0 radical (unpaired) electrons. The molecule has 0 aromatic carbocycles. The highest BCUT2D eigenvalue weighted by Gasteiger charge is 2.37. The van der Waals surface area contributed by atoms with Crippen LogP contribution in [0.15, 0.2) is 0 Å². The Morgan fingerprint density at radius 2 is 1.78 bits per heavy atom.